The Labute approximate surface area is 179 Å². The maximum absolute atomic E-state index is 13.9. The van der Waals surface area contributed by atoms with Gasteiger partial charge in [-0.2, -0.15) is 0 Å². The largest absolute Gasteiger partial charge is 0.491 e. The molecule has 28 heavy (non-hydrogen) atoms. The van der Waals surface area contributed by atoms with Gasteiger partial charge in [0.15, 0.2) is 0 Å². The van der Waals surface area contributed by atoms with Crippen molar-refractivity contribution in [2.75, 3.05) is 44.2 Å². The zero-order valence-electron chi connectivity index (χ0n) is 16.1. The van der Waals surface area contributed by atoms with Crippen LogP contribution in [0.25, 0.3) is 0 Å². The zero-order valence-corrected chi connectivity index (χ0v) is 17.7. The molecular weight excluding hydrogens is 402 g/mol. The summed E-state index contributed by atoms with van der Waals surface area (Å²) in [6, 6.07) is 14.9. The number of aliphatic hydroxyl groups excluding tert-OH is 1. The highest BCUT2D eigenvalue weighted by Crippen LogP contribution is 2.20. The lowest BCUT2D eigenvalue weighted by Crippen LogP contribution is -2.49. The number of piperazine rings is 1. The Hall–Kier alpha value is -1.53. The topological polar surface area (TPSA) is 35.9 Å². The summed E-state index contributed by atoms with van der Waals surface area (Å²) in [6.45, 7) is 6.08. The highest BCUT2D eigenvalue weighted by atomic mass is 35.5. The molecule has 1 aliphatic heterocycles. The predicted octanol–water partition coefficient (Wildman–Crippen LogP) is 3.79. The van der Waals surface area contributed by atoms with Gasteiger partial charge in [0.1, 0.15) is 24.3 Å². The van der Waals surface area contributed by atoms with Crippen molar-refractivity contribution in [3.8, 4) is 5.75 Å². The van der Waals surface area contributed by atoms with E-state index >= 15 is 0 Å². The van der Waals surface area contributed by atoms with Crippen molar-refractivity contribution in [3.05, 3.63) is 59.9 Å². The number of aryl methyl sites for hydroxylation is 1. The van der Waals surface area contributed by atoms with Gasteiger partial charge in [-0.25, -0.2) is 4.39 Å². The number of hydrogen-bond acceptors (Lipinski definition) is 4. The standard InChI is InChI=1S/C21H27FN2O2.2ClH/c1-2-17-7-9-19(10-8-17)26-16-18(25)15-23-11-13-24(14-12-23)21-6-4-3-5-20(21)22;;/h3-10,18,25H,2,11-16H2,1H3;2*1H. The molecule has 1 unspecified atom stereocenters. The molecular formula is C21H29Cl2FN2O2. The third-order valence-electron chi connectivity index (χ3n) is 4.81. The Morgan fingerprint density at radius 3 is 2.25 bits per heavy atom. The maximum atomic E-state index is 13.9. The van der Waals surface area contributed by atoms with Gasteiger partial charge in [0.25, 0.3) is 0 Å². The van der Waals surface area contributed by atoms with E-state index in [9.17, 15) is 9.50 Å². The minimum absolute atomic E-state index is 0. The van der Waals surface area contributed by atoms with E-state index in [1.165, 1.54) is 11.6 Å². The Morgan fingerprint density at radius 1 is 1.00 bits per heavy atom. The number of benzene rings is 2. The van der Waals surface area contributed by atoms with Crippen LogP contribution in [-0.2, 0) is 6.42 Å². The van der Waals surface area contributed by atoms with Gasteiger partial charge in [-0.05, 0) is 36.2 Å². The van der Waals surface area contributed by atoms with Crippen LogP contribution in [0.1, 0.15) is 12.5 Å². The van der Waals surface area contributed by atoms with Gasteiger partial charge in [-0.3, -0.25) is 4.90 Å². The van der Waals surface area contributed by atoms with Crippen LogP contribution < -0.4 is 9.64 Å². The smallest absolute Gasteiger partial charge is 0.146 e. The van der Waals surface area contributed by atoms with Crippen LogP contribution in [0.3, 0.4) is 0 Å². The first-order valence-electron chi connectivity index (χ1n) is 9.27. The second-order valence-corrected chi connectivity index (χ2v) is 6.70. The fraction of sp³-hybridized carbons (Fsp3) is 0.429. The molecule has 7 heteroatoms. The molecule has 1 saturated heterocycles. The van der Waals surface area contributed by atoms with Crippen LogP contribution in [0.15, 0.2) is 48.5 Å². The number of ether oxygens (including phenoxy) is 1. The van der Waals surface area contributed by atoms with E-state index in [1.54, 1.807) is 6.07 Å². The van der Waals surface area contributed by atoms with Gasteiger partial charge in [-0.15, -0.1) is 24.8 Å². The Bertz CT molecular complexity index is 695. The Morgan fingerprint density at radius 2 is 1.64 bits per heavy atom. The Kier molecular flexibility index (Phi) is 10.6. The number of para-hydroxylation sites is 1. The van der Waals surface area contributed by atoms with Crippen molar-refractivity contribution >= 4 is 30.5 Å². The first-order valence-corrected chi connectivity index (χ1v) is 9.27. The first kappa shape index (κ1) is 24.5. The van der Waals surface area contributed by atoms with Crippen molar-refractivity contribution in [1.29, 1.82) is 0 Å². The number of aliphatic hydroxyl groups is 1. The molecule has 0 aromatic heterocycles. The summed E-state index contributed by atoms with van der Waals surface area (Å²) in [7, 11) is 0. The molecule has 3 rings (SSSR count). The molecule has 4 nitrogen and oxygen atoms in total. The molecule has 1 N–H and O–H groups in total. The normalized spacial score (nSPS) is 15.3. The molecule has 2 aromatic carbocycles. The van der Waals surface area contributed by atoms with E-state index in [1.807, 2.05) is 36.4 Å². The van der Waals surface area contributed by atoms with E-state index in [0.717, 1.165) is 38.3 Å². The van der Waals surface area contributed by atoms with Gasteiger partial charge in [-0.1, -0.05) is 31.2 Å². The van der Waals surface area contributed by atoms with Crippen LogP contribution in [0.2, 0.25) is 0 Å². The summed E-state index contributed by atoms with van der Waals surface area (Å²) in [4.78, 5) is 4.26. The van der Waals surface area contributed by atoms with Crippen LogP contribution in [0.4, 0.5) is 10.1 Å². The van der Waals surface area contributed by atoms with Crippen molar-refractivity contribution in [2.45, 2.75) is 19.4 Å². The molecule has 0 saturated carbocycles. The monoisotopic (exact) mass is 430 g/mol. The van der Waals surface area contributed by atoms with Crippen LogP contribution in [0.5, 0.6) is 5.75 Å². The average Bonchev–Trinajstić information content (AvgIpc) is 2.68. The minimum atomic E-state index is -0.541. The average molecular weight is 431 g/mol. The Balaban J connectivity index is 0.00000196. The lowest BCUT2D eigenvalue weighted by Gasteiger charge is -2.36. The predicted molar refractivity (Wildman–Crippen MR) is 117 cm³/mol. The number of β-amino-alcohol motifs (C(OH)–C–C–N with tert-alkyl or cyclic N) is 1. The second-order valence-electron chi connectivity index (χ2n) is 6.70. The van der Waals surface area contributed by atoms with Crippen molar-refractivity contribution in [3.63, 3.8) is 0 Å². The molecule has 1 atom stereocenters. The molecule has 156 valence electrons. The van der Waals surface area contributed by atoms with E-state index in [4.69, 9.17) is 4.74 Å². The van der Waals surface area contributed by atoms with Gasteiger partial charge < -0.3 is 14.7 Å². The third-order valence-corrected chi connectivity index (χ3v) is 4.81. The van der Waals surface area contributed by atoms with Crippen LogP contribution in [-0.4, -0.2) is 55.4 Å². The summed E-state index contributed by atoms with van der Waals surface area (Å²) in [5, 5.41) is 10.3. The first-order chi connectivity index (χ1) is 12.7. The molecule has 1 fully saturated rings. The summed E-state index contributed by atoms with van der Waals surface area (Å²) in [5.41, 5.74) is 1.93. The highest BCUT2D eigenvalue weighted by Gasteiger charge is 2.21. The lowest BCUT2D eigenvalue weighted by molar-refractivity contribution is 0.0662. The maximum Gasteiger partial charge on any atom is 0.146 e. The fourth-order valence-electron chi connectivity index (χ4n) is 3.24. The van der Waals surface area contributed by atoms with Gasteiger partial charge >= 0.3 is 0 Å². The number of halogens is 3. The number of anilines is 1. The zero-order chi connectivity index (χ0) is 18.4. The van der Waals surface area contributed by atoms with E-state index in [0.29, 0.717) is 12.2 Å². The minimum Gasteiger partial charge on any atom is -0.491 e. The fourth-order valence-corrected chi connectivity index (χ4v) is 3.24. The quantitative estimate of drug-likeness (QED) is 0.724. The number of rotatable bonds is 7. The van der Waals surface area contributed by atoms with Crippen molar-refractivity contribution in [1.82, 2.24) is 4.90 Å². The summed E-state index contributed by atoms with van der Waals surface area (Å²) in [6.07, 6.45) is 0.461. The highest BCUT2D eigenvalue weighted by molar-refractivity contribution is 5.85. The summed E-state index contributed by atoms with van der Waals surface area (Å²) >= 11 is 0. The third kappa shape index (κ3) is 6.82. The van der Waals surface area contributed by atoms with Gasteiger partial charge in [0, 0.05) is 32.7 Å². The SMILES string of the molecule is CCc1ccc(OCC(O)CN2CCN(c3ccccc3F)CC2)cc1.Cl.Cl. The van der Waals surface area contributed by atoms with Crippen molar-refractivity contribution < 1.29 is 14.2 Å². The van der Waals surface area contributed by atoms with Crippen LogP contribution in [0, 0.1) is 5.82 Å². The molecule has 1 heterocycles. The molecule has 0 aliphatic carbocycles. The van der Waals surface area contributed by atoms with Crippen molar-refractivity contribution in [2.24, 2.45) is 0 Å². The molecule has 0 radical (unpaired) electrons. The van der Waals surface area contributed by atoms with Gasteiger partial charge in [0.2, 0.25) is 0 Å². The van der Waals surface area contributed by atoms with Crippen LogP contribution >= 0.6 is 24.8 Å². The summed E-state index contributed by atoms with van der Waals surface area (Å²) < 4.78 is 19.6. The number of nitrogens with zero attached hydrogens (tertiary/aromatic N) is 2. The molecule has 1 aliphatic rings. The molecule has 0 bridgehead atoms. The molecule has 0 spiro atoms. The molecule has 2 aromatic rings. The van der Waals surface area contributed by atoms with E-state index in [-0.39, 0.29) is 37.2 Å². The van der Waals surface area contributed by atoms with E-state index in [2.05, 4.69) is 16.7 Å². The summed E-state index contributed by atoms with van der Waals surface area (Å²) in [5.74, 6) is 0.606. The number of hydrogen-bond donors (Lipinski definition) is 1. The molecule has 0 amide bonds. The second kappa shape index (κ2) is 12.1. The van der Waals surface area contributed by atoms with E-state index < -0.39 is 6.10 Å². The van der Waals surface area contributed by atoms with Gasteiger partial charge in [0.05, 0.1) is 5.69 Å². The lowest BCUT2D eigenvalue weighted by atomic mass is 10.2.